The van der Waals surface area contributed by atoms with Gasteiger partial charge in [-0.25, -0.2) is 17.6 Å². The fourth-order valence-electron chi connectivity index (χ4n) is 6.07. The van der Waals surface area contributed by atoms with Crippen molar-refractivity contribution < 1.29 is 17.6 Å². The SMILES string of the molecule is CCCC1CCC(c2ccc(C3CCC(c4ccc(C)c(F)c4F)CC3)c(F)c2F)CC1. The summed E-state index contributed by atoms with van der Waals surface area (Å²) >= 11 is 0. The van der Waals surface area contributed by atoms with E-state index in [2.05, 4.69) is 6.92 Å². The van der Waals surface area contributed by atoms with Crippen molar-refractivity contribution in [2.24, 2.45) is 5.92 Å². The molecule has 2 aromatic rings. The van der Waals surface area contributed by atoms with E-state index in [1.807, 2.05) is 0 Å². The summed E-state index contributed by atoms with van der Waals surface area (Å²) in [5.41, 5.74) is 1.69. The molecule has 0 nitrogen and oxygen atoms in total. The van der Waals surface area contributed by atoms with Crippen molar-refractivity contribution in [3.63, 3.8) is 0 Å². The van der Waals surface area contributed by atoms with Crippen molar-refractivity contribution in [1.82, 2.24) is 0 Å². The highest BCUT2D eigenvalue weighted by Gasteiger charge is 2.31. The number of benzene rings is 2. The van der Waals surface area contributed by atoms with Gasteiger partial charge in [0.25, 0.3) is 0 Å². The highest BCUT2D eigenvalue weighted by molar-refractivity contribution is 5.33. The standard InChI is InChI=1S/C28H34F4/c1-3-4-18-6-8-19(9-7-18)23-15-16-24(28(32)27(23)31)21-12-10-20(11-13-21)22-14-5-17(2)25(29)26(22)30/h5,14-16,18-21H,3-4,6-13H2,1-2H3. The highest BCUT2D eigenvalue weighted by Crippen LogP contribution is 2.44. The largest absolute Gasteiger partial charge is 0.203 e. The van der Waals surface area contributed by atoms with Gasteiger partial charge in [0.2, 0.25) is 0 Å². The summed E-state index contributed by atoms with van der Waals surface area (Å²) < 4.78 is 58.5. The lowest BCUT2D eigenvalue weighted by molar-refractivity contribution is 0.302. The van der Waals surface area contributed by atoms with Crippen LogP contribution >= 0.6 is 0 Å². The predicted molar refractivity (Wildman–Crippen MR) is 121 cm³/mol. The molecule has 0 saturated heterocycles. The molecule has 4 heteroatoms. The summed E-state index contributed by atoms with van der Waals surface area (Å²) in [5, 5.41) is 0. The number of aryl methyl sites for hydroxylation is 1. The molecule has 2 aliphatic carbocycles. The van der Waals surface area contributed by atoms with E-state index in [1.54, 1.807) is 31.2 Å². The van der Waals surface area contributed by atoms with Crippen molar-refractivity contribution in [2.75, 3.05) is 0 Å². The number of halogens is 4. The van der Waals surface area contributed by atoms with E-state index >= 15 is 8.78 Å². The van der Waals surface area contributed by atoms with Gasteiger partial charge < -0.3 is 0 Å². The van der Waals surface area contributed by atoms with Crippen LogP contribution in [0.4, 0.5) is 17.6 Å². The highest BCUT2D eigenvalue weighted by atomic mass is 19.2. The quantitative estimate of drug-likeness (QED) is 0.402. The lowest BCUT2D eigenvalue weighted by Crippen LogP contribution is -2.17. The van der Waals surface area contributed by atoms with Crippen LogP contribution in [0.25, 0.3) is 0 Å². The maximum absolute atomic E-state index is 15.1. The van der Waals surface area contributed by atoms with Crippen LogP contribution in [0, 0.1) is 36.1 Å². The number of rotatable bonds is 5. The molecule has 0 aliphatic heterocycles. The van der Waals surface area contributed by atoms with Crippen molar-refractivity contribution in [2.45, 2.75) is 95.8 Å². The van der Waals surface area contributed by atoms with Gasteiger partial charge in [0, 0.05) is 0 Å². The zero-order valence-electron chi connectivity index (χ0n) is 19.2. The molecule has 0 heterocycles. The van der Waals surface area contributed by atoms with Crippen LogP contribution in [0.15, 0.2) is 24.3 Å². The molecule has 0 atom stereocenters. The van der Waals surface area contributed by atoms with Gasteiger partial charge in [0.05, 0.1) is 0 Å². The molecule has 2 saturated carbocycles. The molecule has 0 spiro atoms. The Morgan fingerprint density at radius 2 is 0.969 bits per heavy atom. The average molecular weight is 447 g/mol. The number of hydrogen-bond donors (Lipinski definition) is 0. The molecule has 32 heavy (non-hydrogen) atoms. The summed E-state index contributed by atoms with van der Waals surface area (Å²) in [6.07, 6.45) is 9.07. The van der Waals surface area contributed by atoms with Crippen LogP contribution in [-0.2, 0) is 0 Å². The lowest BCUT2D eigenvalue weighted by Gasteiger charge is -2.31. The van der Waals surface area contributed by atoms with Crippen molar-refractivity contribution >= 4 is 0 Å². The van der Waals surface area contributed by atoms with E-state index in [0.29, 0.717) is 47.9 Å². The third-order valence-electron chi connectivity index (χ3n) is 8.04. The van der Waals surface area contributed by atoms with Crippen LogP contribution in [0.5, 0.6) is 0 Å². The maximum atomic E-state index is 15.1. The molecule has 2 fully saturated rings. The van der Waals surface area contributed by atoms with Gasteiger partial charge in [-0.1, -0.05) is 44.0 Å². The van der Waals surface area contributed by atoms with E-state index in [-0.39, 0.29) is 17.8 Å². The molecule has 0 amide bonds. The van der Waals surface area contributed by atoms with Crippen LogP contribution in [-0.4, -0.2) is 0 Å². The third kappa shape index (κ3) is 4.61. The minimum atomic E-state index is -0.781. The van der Waals surface area contributed by atoms with Crippen LogP contribution < -0.4 is 0 Å². The minimum absolute atomic E-state index is 0.0755. The zero-order chi connectivity index (χ0) is 22.8. The van der Waals surface area contributed by atoms with Gasteiger partial charge in [-0.15, -0.1) is 0 Å². The molecule has 2 aliphatic rings. The molecule has 174 valence electrons. The maximum Gasteiger partial charge on any atom is 0.162 e. The van der Waals surface area contributed by atoms with Crippen LogP contribution in [0.3, 0.4) is 0 Å². The Morgan fingerprint density at radius 1 is 0.594 bits per heavy atom. The summed E-state index contributed by atoms with van der Waals surface area (Å²) in [6.45, 7) is 3.75. The summed E-state index contributed by atoms with van der Waals surface area (Å²) in [4.78, 5) is 0. The Hall–Kier alpha value is -1.84. The second kappa shape index (κ2) is 9.97. The minimum Gasteiger partial charge on any atom is -0.203 e. The number of hydrogen-bond acceptors (Lipinski definition) is 0. The second-order valence-electron chi connectivity index (χ2n) is 10.0. The normalized spacial score (nSPS) is 26.3. The Kier molecular flexibility index (Phi) is 7.27. The first-order chi connectivity index (χ1) is 15.4. The molecule has 0 aromatic heterocycles. The summed E-state index contributed by atoms with van der Waals surface area (Å²) in [6, 6.07) is 6.87. The first-order valence-corrected chi connectivity index (χ1v) is 12.3. The summed E-state index contributed by atoms with van der Waals surface area (Å²) in [5.74, 6) is -2.22. The first kappa shape index (κ1) is 23.3. The van der Waals surface area contributed by atoms with E-state index in [9.17, 15) is 8.78 Å². The zero-order valence-corrected chi connectivity index (χ0v) is 19.2. The van der Waals surface area contributed by atoms with Gasteiger partial charge in [-0.3, -0.25) is 0 Å². The Labute approximate surface area is 189 Å². The molecule has 0 unspecified atom stereocenters. The smallest absolute Gasteiger partial charge is 0.162 e. The lowest BCUT2D eigenvalue weighted by atomic mass is 9.74. The van der Waals surface area contributed by atoms with E-state index in [1.165, 1.54) is 12.8 Å². The summed E-state index contributed by atoms with van der Waals surface area (Å²) in [7, 11) is 0. The van der Waals surface area contributed by atoms with Gasteiger partial charge in [0.1, 0.15) is 0 Å². The van der Waals surface area contributed by atoms with Gasteiger partial charge >= 0.3 is 0 Å². The van der Waals surface area contributed by atoms with Crippen molar-refractivity contribution in [3.05, 3.63) is 69.8 Å². The topological polar surface area (TPSA) is 0 Å². The molecular formula is C28H34F4. The van der Waals surface area contributed by atoms with E-state index < -0.39 is 23.3 Å². The molecule has 2 aromatic carbocycles. The Morgan fingerprint density at radius 3 is 1.41 bits per heavy atom. The van der Waals surface area contributed by atoms with Crippen molar-refractivity contribution in [3.8, 4) is 0 Å². The predicted octanol–water partition coefficient (Wildman–Crippen LogP) is 9.07. The molecule has 0 N–H and O–H groups in total. The first-order valence-electron chi connectivity index (χ1n) is 12.3. The molecule has 4 rings (SSSR count). The van der Waals surface area contributed by atoms with Gasteiger partial charge in [-0.2, -0.15) is 0 Å². The third-order valence-corrected chi connectivity index (χ3v) is 8.04. The monoisotopic (exact) mass is 446 g/mol. The van der Waals surface area contributed by atoms with E-state index in [4.69, 9.17) is 0 Å². The second-order valence-corrected chi connectivity index (χ2v) is 10.0. The fraction of sp³-hybridized carbons (Fsp3) is 0.571. The van der Waals surface area contributed by atoms with Crippen molar-refractivity contribution in [1.29, 1.82) is 0 Å². The van der Waals surface area contributed by atoms with E-state index in [0.717, 1.165) is 31.6 Å². The Balaban J connectivity index is 1.43. The Bertz CT molecular complexity index is 935. The molecular weight excluding hydrogens is 412 g/mol. The van der Waals surface area contributed by atoms with Gasteiger partial charge in [-0.05, 0) is 104 Å². The fourth-order valence-corrected chi connectivity index (χ4v) is 6.07. The molecule has 0 bridgehead atoms. The molecule has 0 radical (unpaired) electrons. The van der Waals surface area contributed by atoms with Crippen LogP contribution in [0.2, 0.25) is 0 Å². The van der Waals surface area contributed by atoms with Gasteiger partial charge in [0.15, 0.2) is 23.3 Å². The van der Waals surface area contributed by atoms with Crippen LogP contribution in [0.1, 0.15) is 111 Å². The average Bonchev–Trinajstić information content (AvgIpc) is 2.81.